The van der Waals surface area contributed by atoms with Crippen LogP contribution in [0.5, 0.6) is 0 Å². The van der Waals surface area contributed by atoms with E-state index in [1.165, 1.54) is 0 Å². The standard InChI is InChI=1S/C11H14BrNO3/c12-9-3-8(2-1-7(9)6-14)13-4-10(15)11(16)5-13/h1-3,10-11,14-16H,4-6H2. The lowest BCUT2D eigenvalue weighted by Gasteiger charge is -2.18. The third kappa shape index (κ3) is 2.22. The molecule has 0 aromatic heterocycles. The van der Waals surface area contributed by atoms with Gasteiger partial charge in [-0.15, -0.1) is 0 Å². The van der Waals surface area contributed by atoms with E-state index >= 15 is 0 Å². The molecule has 2 unspecified atom stereocenters. The maximum absolute atomic E-state index is 9.46. The average molecular weight is 288 g/mol. The first-order valence-electron chi connectivity index (χ1n) is 5.12. The molecule has 2 rings (SSSR count). The molecule has 1 aromatic rings. The van der Waals surface area contributed by atoms with E-state index in [-0.39, 0.29) is 6.61 Å². The Bertz CT molecular complexity index is 375. The number of hydrogen-bond acceptors (Lipinski definition) is 4. The SMILES string of the molecule is OCc1ccc(N2CC(O)C(O)C2)cc1Br. The first-order valence-corrected chi connectivity index (χ1v) is 5.91. The van der Waals surface area contributed by atoms with E-state index in [2.05, 4.69) is 15.9 Å². The molecule has 3 N–H and O–H groups in total. The fourth-order valence-electron chi connectivity index (χ4n) is 1.84. The Morgan fingerprint density at radius 1 is 1.25 bits per heavy atom. The Labute approximate surface area is 102 Å². The van der Waals surface area contributed by atoms with Crippen molar-refractivity contribution in [2.45, 2.75) is 18.8 Å². The molecule has 16 heavy (non-hydrogen) atoms. The molecule has 0 bridgehead atoms. The van der Waals surface area contributed by atoms with Gasteiger partial charge in [-0.1, -0.05) is 22.0 Å². The highest BCUT2D eigenvalue weighted by Crippen LogP contribution is 2.26. The second kappa shape index (κ2) is 4.71. The summed E-state index contributed by atoms with van der Waals surface area (Å²) in [6, 6.07) is 5.59. The molecule has 0 radical (unpaired) electrons. The van der Waals surface area contributed by atoms with Crippen molar-refractivity contribution in [2.24, 2.45) is 0 Å². The lowest BCUT2D eigenvalue weighted by molar-refractivity contribution is 0.0572. The number of hydrogen-bond donors (Lipinski definition) is 3. The Morgan fingerprint density at radius 3 is 2.38 bits per heavy atom. The van der Waals surface area contributed by atoms with Crippen molar-refractivity contribution < 1.29 is 15.3 Å². The molecule has 2 atom stereocenters. The van der Waals surface area contributed by atoms with Gasteiger partial charge in [0.15, 0.2) is 0 Å². The second-order valence-electron chi connectivity index (χ2n) is 3.97. The topological polar surface area (TPSA) is 63.9 Å². The highest BCUT2D eigenvalue weighted by atomic mass is 79.9. The first kappa shape index (κ1) is 11.9. The maximum Gasteiger partial charge on any atom is 0.0990 e. The van der Waals surface area contributed by atoms with Crippen molar-refractivity contribution in [3.8, 4) is 0 Å². The number of β-amino-alcohol motifs (C(OH)–C–C–N with tert-alkyl or cyclic N) is 2. The highest BCUT2D eigenvalue weighted by molar-refractivity contribution is 9.10. The van der Waals surface area contributed by atoms with E-state index in [0.717, 1.165) is 15.7 Å². The molecule has 1 aliphatic heterocycles. The highest BCUT2D eigenvalue weighted by Gasteiger charge is 2.29. The molecule has 88 valence electrons. The van der Waals surface area contributed by atoms with Gasteiger partial charge in [0.2, 0.25) is 0 Å². The summed E-state index contributed by atoms with van der Waals surface area (Å²) in [5.41, 5.74) is 1.75. The summed E-state index contributed by atoms with van der Waals surface area (Å²) < 4.78 is 0.836. The molecule has 1 aromatic carbocycles. The van der Waals surface area contributed by atoms with Crippen molar-refractivity contribution in [2.75, 3.05) is 18.0 Å². The summed E-state index contributed by atoms with van der Waals surface area (Å²) in [5.74, 6) is 0. The van der Waals surface area contributed by atoms with E-state index < -0.39 is 12.2 Å². The fraction of sp³-hybridized carbons (Fsp3) is 0.455. The third-order valence-electron chi connectivity index (χ3n) is 2.83. The Balaban J connectivity index is 2.19. The van der Waals surface area contributed by atoms with Crippen molar-refractivity contribution in [1.29, 1.82) is 0 Å². The van der Waals surface area contributed by atoms with Gasteiger partial charge in [0.05, 0.1) is 18.8 Å². The number of anilines is 1. The normalized spacial score (nSPS) is 25.1. The summed E-state index contributed by atoms with van der Waals surface area (Å²) in [6.07, 6.45) is -1.37. The van der Waals surface area contributed by atoms with Crippen LogP contribution in [0.25, 0.3) is 0 Å². The quantitative estimate of drug-likeness (QED) is 0.741. The number of benzene rings is 1. The average Bonchev–Trinajstić information content (AvgIpc) is 2.59. The molecule has 1 heterocycles. The Morgan fingerprint density at radius 2 is 1.88 bits per heavy atom. The van der Waals surface area contributed by atoms with Crippen molar-refractivity contribution >= 4 is 21.6 Å². The van der Waals surface area contributed by atoms with Crippen LogP contribution in [0, 0.1) is 0 Å². The summed E-state index contributed by atoms with van der Waals surface area (Å²) in [7, 11) is 0. The van der Waals surface area contributed by atoms with Crippen LogP contribution in [-0.2, 0) is 6.61 Å². The van der Waals surface area contributed by atoms with Gasteiger partial charge in [-0.3, -0.25) is 0 Å². The van der Waals surface area contributed by atoms with Crippen LogP contribution >= 0.6 is 15.9 Å². The van der Waals surface area contributed by atoms with E-state index in [0.29, 0.717) is 13.1 Å². The molecule has 1 aliphatic rings. The maximum atomic E-state index is 9.46. The molecule has 0 saturated carbocycles. The summed E-state index contributed by atoms with van der Waals surface area (Å²) >= 11 is 3.37. The predicted octanol–water partition coefficient (Wildman–Crippen LogP) is 0.483. The predicted molar refractivity (Wildman–Crippen MR) is 64.3 cm³/mol. The number of aliphatic hydroxyl groups excluding tert-OH is 3. The first-order chi connectivity index (χ1) is 7.61. The largest absolute Gasteiger partial charge is 0.392 e. The molecule has 1 fully saturated rings. The Kier molecular flexibility index (Phi) is 3.49. The molecule has 0 amide bonds. The number of nitrogens with zero attached hydrogens (tertiary/aromatic N) is 1. The molecular weight excluding hydrogens is 274 g/mol. The zero-order chi connectivity index (χ0) is 11.7. The van der Waals surface area contributed by atoms with Crippen LogP contribution in [-0.4, -0.2) is 40.6 Å². The van der Waals surface area contributed by atoms with E-state index in [1.807, 2.05) is 23.1 Å². The lowest BCUT2D eigenvalue weighted by atomic mass is 10.2. The van der Waals surface area contributed by atoms with Crippen LogP contribution in [0.15, 0.2) is 22.7 Å². The smallest absolute Gasteiger partial charge is 0.0990 e. The van der Waals surface area contributed by atoms with E-state index in [1.54, 1.807) is 0 Å². The minimum Gasteiger partial charge on any atom is -0.392 e. The van der Waals surface area contributed by atoms with Crippen LogP contribution in [0.3, 0.4) is 0 Å². The monoisotopic (exact) mass is 287 g/mol. The minimum atomic E-state index is -0.684. The summed E-state index contributed by atoms with van der Waals surface area (Å²) in [4.78, 5) is 1.92. The van der Waals surface area contributed by atoms with Gasteiger partial charge in [0.1, 0.15) is 0 Å². The van der Waals surface area contributed by atoms with Gasteiger partial charge >= 0.3 is 0 Å². The molecule has 4 nitrogen and oxygen atoms in total. The van der Waals surface area contributed by atoms with Gasteiger partial charge < -0.3 is 20.2 Å². The van der Waals surface area contributed by atoms with E-state index in [4.69, 9.17) is 5.11 Å². The van der Waals surface area contributed by atoms with Gasteiger partial charge in [-0.2, -0.15) is 0 Å². The van der Waals surface area contributed by atoms with Crippen LogP contribution < -0.4 is 4.90 Å². The molecule has 5 heteroatoms. The minimum absolute atomic E-state index is 0.00782. The molecule has 0 spiro atoms. The fourth-order valence-corrected chi connectivity index (χ4v) is 2.33. The van der Waals surface area contributed by atoms with Crippen molar-refractivity contribution in [3.05, 3.63) is 28.2 Å². The summed E-state index contributed by atoms with van der Waals surface area (Å²) in [5, 5.41) is 27.9. The van der Waals surface area contributed by atoms with E-state index in [9.17, 15) is 10.2 Å². The van der Waals surface area contributed by atoms with Gasteiger partial charge in [0, 0.05) is 23.2 Å². The zero-order valence-electron chi connectivity index (χ0n) is 8.67. The second-order valence-corrected chi connectivity index (χ2v) is 4.83. The number of halogens is 1. The van der Waals surface area contributed by atoms with Gasteiger partial charge in [-0.05, 0) is 17.7 Å². The van der Waals surface area contributed by atoms with Crippen molar-refractivity contribution in [1.82, 2.24) is 0 Å². The molecule has 1 saturated heterocycles. The molecular formula is C11H14BrNO3. The van der Waals surface area contributed by atoms with Gasteiger partial charge in [0.25, 0.3) is 0 Å². The molecule has 0 aliphatic carbocycles. The zero-order valence-corrected chi connectivity index (χ0v) is 10.3. The van der Waals surface area contributed by atoms with Crippen LogP contribution in [0.2, 0.25) is 0 Å². The van der Waals surface area contributed by atoms with Crippen LogP contribution in [0.1, 0.15) is 5.56 Å². The van der Waals surface area contributed by atoms with Crippen molar-refractivity contribution in [3.63, 3.8) is 0 Å². The third-order valence-corrected chi connectivity index (χ3v) is 3.57. The number of aliphatic hydroxyl groups is 3. The number of rotatable bonds is 2. The lowest BCUT2D eigenvalue weighted by Crippen LogP contribution is -2.22. The van der Waals surface area contributed by atoms with Crippen LogP contribution in [0.4, 0.5) is 5.69 Å². The summed E-state index contributed by atoms with van der Waals surface area (Å²) in [6.45, 7) is 0.865. The Hall–Kier alpha value is -0.620. The van der Waals surface area contributed by atoms with Gasteiger partial charge in [-0.25, -0.2) is 0 Å².